The maximum absolute atomic E-state index is 12.9. The van der Waals surface area contributed by atoms with E-state index >= 15 is 0 Å². The Morgan fingerprint density at radius 1 is 1.32 bits per heavy atom. The van der Waals surface area contributed by atoms with Crippen molar-refractivity contribution in [2.75, 3.05) is 31.1 Å². The molecule has 1 aromatic rings. The van der Waals surface area contributed by atoms with Gasteiger partial charge in [0.1, 0.15) is 0 Å². The van der Waals surface area contributed by atoms with Crippen molar-refractivity contribution in [1.82, 2.24) is 5.32 Å². The van der Waals surface area contributed by atoms with Gasteiger partial charge in [0.2, 0.25) is 0 Å². The van der Waals surface area contributed by atoms with Gasteiger partial charge in [-0.05, 0) is 18.1 Å². The Bertz CT molecular complexity index is 417. The van der Waals surface area contributed by atoms with E-state index in [2.05, 4.69) is 5.32 Å². The van der Waals surface area contributed by atoms with Crippen molar-refractivity contribution >= 4 is 5.69 Å². The highest BCUT2D eigenvalue weighted by Gasteiger charge is 2.41. The number of halogens is 3. The van der Waals surface area contributed by atoms with Crippen LogP contribution in [0, 0.1) is 5.92 Å². The Balaban J connectivity index is 2.23. The molecule has 1 fully saturated rings. The summed E-state index contributed by atoms with van der Waals surface area (Å²) in [6, 6.07) is 7.71. The fourth-order valence-electron chi connectivity index (χ4n) is 2.47. The van der Waals surface area contributed by atoms with Crippen molar-refractivity contribution in [3.63, 3.8) is 0 Å². The molecule has 1 atom stereocenters. The Hall–Kier alpha value is -1.23. The molecule has 1 N–H and O–H groups in total. The molecule has 1 aromatic carbocycles. The summed E-state index contributed by atoms with van der Waals surface area (Å²) < 4.78 is 38.8. The van der Waals surface area contributed by atoms with E-state index in [1.165, 1.54) is 0 Å². The third-order valence-electron chi connectivity index (χ3n) is 3.57. The molecule has 0 bridgehead atoms. The minimum Gasteiger partial charge on any atom is -0.369 e. The molecule has 106 valence electrons. The fraction of sp³-hybridized carbons (Fsp3) is 0.571. The normalized spacial score (nSPS) is 21.3. The van der Waals surface area contributed by atoms with E-state index in [0.29, 0.717) is 13.1 Å². The van der Waals surface area contributed by atoms with Crippen LogP contribution in [-0.4, -0.2) is 32.4 Å². The largest absolute Gasteiger partial charge is 0.394 e. The summed E-state index contributed by atoms with van der Waals surface area (Å²) in [6.45, 7) is 3.27. The van der Waals surface area contributed by atoms with Gasteiger partial charge in [-0.15, -0.1) is 0 Å². The van der Waals surface area contributed by atoms with E-state index in [1.54, 1.807) is 0 Å². The molecule has 2 nitrogen and oxygen atoms in total. The number of nitrogens with zero attached hydrogens (tertiary/aromatic N) is 1. The molecule has 0 radical (unpaired) electrons. The quantitative estimate of drug-likeness (QED) is 0.890. The summed E-state index contributed by atoms with van der Waals surface area (Å²) in [5.41, 5.74) is 2.04. The number of para-hydroxylation sites is 1. The highest BCUT2D eigenvalue weighted by Crippen LogP contribution is 2.30. The van der Waals surface area contributed by atoms with Crippen LogP contribution in [0.1, 0.15) is 12.5 Å². The van der Waals surface area contributed by atoms with Gasteiger partial charge < -0.3 is 10.2 Å². The molecule has 0 aromatic heterocycles. The van der Waals surface area contributed by atoms with Crippen molar-refractivity contribution in [1.29, 1.82) is 0 Å². The molecular formula is C14H19F3N2. The molecule has 1 heterocycles. The zero-order valence-electron chi connectivity index (χ0n) is 11.0. The highest BCUT2D eigenvalue weighted by molar-refractivity contribution is 5.54. The van der Waals surface area contributed by atoms with Gasteiger partial charge in [0, 0.05) is 31.9 Å². The molecule has 1 aliphatic rings. The van der Waals surface area contributed by atoms with Gasteiger partial charge in [-0.25, -0.2) is 0 Å². The maximum atomic E-state index is 12.9. The zero-order chi connectivity index (χ0) is 13.9. The summed E-state index contributed by atoms with van der Waals surface area (Å²) >= 11 is 0. The van der Waals surface area contributed by atoms with Gasteiger partial charge in [-0.1, -0.05) is 25.1 Å². The van der Waals surface area contributed by atoms with Crippen molar-refractivity contribution < 1.29 is 13.2 Å². The molecule has 19 heavy (non-hydrogen) atoms. The van der Waals surface area contributed by atoms with Crippen LogP contribution in [0.15, 0.2) is 24.3 Å². The van der Waals surface area contributed by atoms with Crippen molar-refractivity contribution in [3.05, 3.63) is 29.8 Å². The van der Waals surface area contributed by atoms with Crippen molar-refractivity contribution in [2.45, 2.75) is 19.5 Å². The van der Waals surface area contributed by atoms with Crippen molar-refractivity contribution in [2.24, 2.45) is 5.92 Å². The van der Waals surface area contributed by atoms with Crippen LogP contribution in [0.4, 0.5) is 18.9 Å². The van der Waals surface area contributed by atoms with Gasteiger partial charge in [-0.2, -0.15) is 13.2 Å². The van der Waals surface area contributed by atoms with Gasteiger partial charge in [-0.3, -0.25) is 0 Å². The van der Waals surface area contributed by atoms with Gasteiger partial charge in [0.05, 0.1) is 5.92 Å². The number of aryl methyl sites for hydroxylation is 1. The van der Waals surface area contributed by atoms with E-state index in [4.69, 9.17) is 0 Å². The Kier molecular flexibility index (Phi) is 4.34. The molecule has 1 aliphatic heterocycles. The third kappa shape index (κ3) is 3.41. The molecule has 0 saturated carbocycles. The number of nitrogens with one attached hydrogen (secondary N) is 1. The van der Waals surface area contributed by atoms with Crippen LogP contribution < -0.4 is 10.2 Å². The van der Waals surface area contributed by atoms with Gasteiger partial charge in [0.25, 0.3) is 0 Å². The van der Waals surface area contributed by atoms with Crippen molar-refractivity contribution in [3.8, 4) is 0 Å². The van der Waals surface area contributed by atoms with E-state index in [0.717, 1.165) is 17.7 Å². The standard InChI is InChI=1S/C14H19F3N2/c1-2-11-5-3-4-6-13(11)19-8-7-18-9-12(10-19)14(15,16)17/h3-6,12,18H,2,7-10H2,1H3. The summed E-state index contributed by atoms with van der Waals surface area (Å²) in [6.07, 6.45) is -3.31. The van der Waals surface area contributed by atoms with E-state index in [1.807, 2.05) is 36.1 Å². The lowest BCUT2D eigenvalue weighted by Crippen LogP contribution is -2.38. The average Bonchev–Trinajstić information content (AvgIpc) is 2.64. The van der Waals surface area contributed by atoms with Crippen LogP contribution in [0.25, 0.3) is 0 Å². The Labute approximate surface area is 111 Å². The average molecular weight is 272 g/mol. The molecule has 5 heteroatoms. The number of alkyl halides is 3. The number of benzene rings is 1. The second-order valence-corrected chi connectivity index (χ2v) is 4.87. The van der Waals surface area contributed by atoms with Crippen LogP contribution in [0.2, 0.25) is 0 Å². The molecule has 1 saturated heterocycles. The maximum Gasteiger partial charge on any atom is 0.394 e. The molecular weight excluding hydrogens is 253 g/mol. The zero-order valence-corrected chi connectivity index (χ0v) is 11.0. The monoisotopic (exact) mass is 272 g/mol. The molecule has 0 aliphatic carbocycles. The minimum absolute atomic E-state index is 0.00823. The number of hydrogen-bond acceptors (Lipinski definition) is 2. The smallest absolute Gasteiger partial charge is 0.369 e. The highest BCUT2D eigenvalue weighted by atomic mass is 19.4. The minimum atomic E-state index is -4.14. The van der Waals surface area contributed by atoms with Crippen LogP contribution in [0.3, 0.4) is 0 Å². The lowest BCUT2D eigenvalue weighted by atomic mass is 10.1. The molecule has 0 spiro atoms. The lowest BCUT2D eigenvalue weighted by Gasteiger charge is -2.28. The fourth-order valence-corrected chi connectivity index (χ4v) is 2.47. The van der Waals surface area contributed by atoms with E-state index in [-0.39, 0.29) is 13.1 Å². The first kappa shape index (κ1) is 14.2. The first-order valence-corrected chi connectivity index (χ1v) is 6.62. The first-order valence-electron chi connectivity index (χ1n) is 6.62. The molecule has 1 unspecified atom stereocenters. The summed E-state index contributed by atoms with van der Waals surface area (Å²) in [7, 11) is 0. The second-order valence-electron chi connectivity index (χ2n) is 4.87. The van der Waals surface area contributed by atoms with Gasteiger partial charge >= 0.3 is 6.18 Å². The van der Waals surface area contributed by atoms with Crippen LogP contribution in [-0.2, 0) is 6.42 Å². The topological polar surface area (TPSA) is 15.3 Å². The van der Waals surface area contributed by atoms with E-state index < -0.39 is 12.1 Å². The lowest BCUT2D eigenvalue weighted by molar-refractivity contribution is -0.169. The van der Waals surface area contributed by atoms with Crippen LogP contribution >= 0.6 is 0 Å². The molecule has 0 amide bonds. The predicted molar refractivity (Wildman–Crippen MR) is 70.4 cm³/mol. The van der Waals surface area contributed by atoms with E-state index in [9.17, 15) is 13.2 Å². The third-order valence-corrected chi connectivity index (χ3v) is 3.57. The number of rotatable bonds is 2. The Morgan fingerprint density at radius 2 is 2.05 bits per heavy atom. The van der Waals surface area contributed by atoms with Gasteiger partial charge in [0.15, 0.2) is 0 Å². The summed E-state index contributed by atoms with van der Waals surface area (Å²) in [5, 5.41) is 2.88. The molecule has 2 rings (SSSR count). The Morgan fingerprint density at radius 3 is 2.74 bits per heavy atom. The summed E-state index contributed by atoms with van der Waals surface area (Å²) in [4.78, 5) is 1.86. The first-order chi connectivity index (χ1) is 9.02. The summed E-state index contributed by atoms with van der Waals surface area (Å²) in [5.74, 6) is -1.31. The predicted octanol–water partition coefficient (Wildman–Crippen LogP) is 2.84. The number of anilines is 1. The van der Waals surface area contributed by atoms with Crippen LogP contribution in [0.5, 0.6) is 0 Å². The number of hydrogen-bond donors (Lipinski definition) is 1. The SMILES string of the molecule is CCc1ccccc1N1CCNCC(C(F)(F)F)C1. The second kappa shape index (κ2) is 5.82.